The molecule has 0 saturated heterocycles. The highest BCUT2D eigenvalue weighted by atomic mass is 79.9. The Labute approximate surface area is 124 Å². The van der Waals surface area contributed by atoms with Crippen LogP contribution in [0.3, 0.4) is 0 Å². The molecule has 1 aliphatic rings. The number of halogens is 2. The Morgan fingerprint density at radius 3 is 2.63 bits per heavy atom. The van der Waals surface area contributed by atoms with Gasteiger partial charge in [-0.1, -0.05) is 27.5 Å². The number of carboxylic acids is 1. The quantitative estimate of drug-likeness (QED) is 0.891. The minimum Gasteiger partial charge on any atom is -0.481 e. The highest BCUT2D eigenvalue weighted by Gasteiger charge is 2.33. The molecule has 1 fully saturated rings. The summed E-state index contributed by atoms with van der Waals surface area (Å²) in [6.07, 6.45) is 1.81. The predicted molar refractivity (Wildman–Crippen MR) is 75.5 cm³/mol. The number of amides is 1. The van der Waals surface area contributed by atoms with Crippen LogP contribution in [0.15, 0.2) is 22.7 Å². The van der Waals surface area contributed by atoms with Crippen molar-refractivity contribution >= 4 is 39.4 Å². The van der Waals surface area contributed by atoms with Crippen LogP contribution in [-0.4, -0.2) is 34.5 Å². The molecule has 1 saturated carbocycles. The third-order valence-electron chi connectivity index (χ3n) is 2.98. The van der Waals surface area contributed by atoms with Gasteiger partial charge in [0.05, 0.1) is 17.0 Å². The lowest BCUT2D eigenvalue weighted by Crippen LogP contribution is -2.35. The van der Waals surface area contributed by atoms with E-state index < -0.39 is 5.97 Å². The SMILES string of the molecule is O=C(O)CCN(C(=O)c1ccc(Br)cc1Cl)C1CC1. The molecule has 0 aromatic heterocycles. The number of carbonyl (C=O) groups excluding carboxylic acids is 1. The van der Waals surface area contributed by atoms with Gasteiger partial charge < -0.3 is 10.0 Å². The maximum atomic E-state index is 12.4. The van der Waals surface area contributed by atoms with E-state index in [1.165, 1.54) is 0 Å². The van der Waals surface area contributed by atoms with E-state index in [4.69, 9.17) is 16.7 Å². The molecule has 102 valence electrons. The maximum Gasteiger partial charge on any atom is 0.305 e. The number of hydrogen-bond acceptors (Lipinski definition) is 2. The summed E-state index contributed by atoms with van der Waals surface area (Å²) in [4.78, 5) is 24.7. The first-order valence-corrected chi connectivity index (χ1v) is 7.14. The molecular formula is C13H13BrClNO3. The van der Waals surface area contributed by atoms with Gasteiger partial charge in [-0.3, -0.25) is 9.59 Å². The lowest BCUT2D eigenvalue weighted by molar-refractivity contribution is -0.137. The highest BCUT2D eigenvalue weighted by Crippen LogP contribution is 2.30. The minimum atomic E-state index is -0.902. The van der Waals surface area contributed by atoms with Crippen molar-refractivity contribution < 1.29 is 14.7 Å². The summed E-state index contributed by atoms with van der Waals surface area (Å²) in [5, 5.41) is 9.11. The molecule has 19 heavy (non-hydrogen) atoms. The van der Waals surface area contributed by atoms with Gasteiger partial charge in [0.25, 0.3) is 5.91 Å². The maximum absolute atomic E-state index is 12.4. The van der Waals surface area contributed by atoms with Crippen molar-refractivity contribution in [2.75, 3.05) is 6.54 Å². The van der Waals surface area contributed by atoms with Crippen molar-refractivity contribution in [2.24, 2.45) is 0 Å². The molecule has 0 aliphatic heterocycles. The van der Waals surface area contributed by atoms with Crippen LogP contribution in [-0.2, 0) is 4.79 Å². The smallest absolute Gasteiger partial charge is 0.305 e. The van der Waals surface area contributed by atoms with Crippen molar-refractivity contribution in [1.82, 2.24) is 4.90 Å². The van der Waals surface area contributed by atoms with Crippen molar-refractivity contribution in [3.8, 4) is 0 Å². The number of rotatable bonds is 5. The van der Waals surface area contributed by atoms with E-state index in [2.05, 4.69) is 15.9 Å². The molecule has 1 aromatic carbocycles. The Balaban J connectivity index is 2.16. The molecule has 0 unspecified atom stereocenters. The second-order valence-electron chi connectivity index (χ2n) is 4.50. The van der Waals surface area contributed by atoms with Gasteiger partial charge in [-0.2, -0.15) is 0 Å². The number of nitrogens with zero attached hydrogens (tertiary/aromatic N) is 1. The van der Waals surface area contributed by atoms with Gasteiger partial charge in [-0.15, -0.1) is 0 Å². The van der Waals surface area contributed by atoms with Crippen LogP contribution in [0.1, 0.15) is 29.6 Å². The van der Waals surface area contributed by atoms with Gasteiger partial charge in [0.15, 0.2) is 0 Å². The summed E-state index contributed by atoms with van der Waals surface area (Å²) in [6, 6.07) is 5.23. The van der Waals surface area contributed by atoms with Gasteiger partial charge in [0, 0.05) is 17.1 Å². The fourth-order valence-electron chi connectivity index (χ4n) is 1.87. The zero-order chi connectivity index (χ0) is 14.0. The third kappa shape index (κ3) is 3.70. The topological polar surface area (TPSA) is 57.6 Å². The highest BCUT2D eigenvalue weighted by molar-refractivity contribution is 9.10. The van der Waals surface area contributed by atoms with Crippen molar-refractivity contribution in [1.29, 1.82) is 0 Å². The monoisotopic (exact) mass is 345 g/mol. The van der Waals surface area contributed by atoms with Crippen LogP contribution in [0.5, 0.6) is 0 Å². The number of benzene rings is 1. The summed E-state index contributed by atoms with van der Waals surface area (Å²) in [7, 11) is 0. The van der Waals surface area contributed by atoms with Gasteiger partial charge in [0.2, 0.25) is 0 Å². The molecule has 1 aromatic rings. The van der Waals surface area contributed by atoms with Gasteiger partial charge in [-0.05, 0) is 31.0 Å². The van der Waals surface area contributed by atoms with E-state index in [1.807, 2.05) is 0 Å². The van der Waals surface area contributed by atoms with E-state index in [9.17, 15) is 9.59 Å². The van der Waals surface area contributed by atoms with Gasteiger partial charge in [0.1, 0.15) is 0 Å². The second kappa shape index (κ2) is 5.92. The van der Waals surface area contributed by atoms with Crippen molar-refractivity contribution in [3.05, 3.63) is 33.3 Å². The minimum absolute atomic E-state index is 0.0453. The summed E-state index contributed by atoms with van der Waals surface area (Å²) in [5.74, 6) is -1.10. The second-order valence-corrected chi connectivity index (χ2v) is 5.82. The summed E-state index contributed by atoms with van der Waals surface area (Å²) < 4.78 is 0.803. The Hall–Kier alpha value is -1.07. The first kappa shape index (κ1) is 14.3. The zero-order valence-corrected chi connectivity index (χ0v) is 12.4. The lowest BCUT2D eigenvalue weighted by atomic mass is 10.2. The van der Waals surface area contributed by atoms with E-state index in [0.29, 0.717) is 10.6 Å². The Bertz CT molecular complexity index is 517. The molecule has 4 nitrogen and oxygen atoms in total. The lowest BCUT2D eigenvalue weighted by Gasteiger charge is -2.22. The van der Waals surface area contributed by atoms with E-state index in [0.717, 1.165) is 17.3 Å². The van der Waals surface area contributed by atoms with Crippen LogP contribution < -0.4 is 0 Å². The Morgan fingerprint density at radius 1 is 1.42 bits per heavy atom. The van der Waals surface area contributed by atoms with E-state index in [1.54, 1.807) is 23.1 Å². The largest absolute Gasteiger partial charge is 0.481 e. The Morgan fingerprint density at radius 2 is 2.11 bits per heavy atom. The molecule has 1 amide bonds. The van der Waals surface area contributed by atoms with E-state index in [-0.39, 0.29) is 24.9 Å². The van der Waals surface area contributed by atoms with E-state index >= 15 is 0 Å². The normalized spacial score (nSPS) is 14.2. The number of carbonyl (C=O) groups is 2. The third-order valence-corrected chi connectivity index (χ3v) is 3.78. The van der Waals surface area contributed by atoms with Crippen LogP contribution in [0.4, 0.5) is 0 Å². The molecule has 0 radical (unpaired) electrons. The molecule has 0 bridgehead atoms. The number of hydrogen-bond donors (Lipinski definition) is 1. The van der Waals surface area contributed by atoms with Crippen LogP contribution in [0, 0.1) is 0 Å². The zero-order valence-electron chi connectivity index (χ0n) is 10.1. The average molecular weight is 347 g/mol. The van der Waals surface area contributed by atoms with Gasteiger partial charge >= 0.3 is 5.97 Å². The fourth-order valence-corrected chi connectivity index (χ4v) is 2.62. The fraction of sp³-hybridized carbons (Fsp3) is 0.385. The van der Waals surface area contributed by atoms with Crippen LogP contribution >= 0.6 is 27.5 Å². The summed E-state index contributed by atoms with van der Waals surface area (Å²) in [6.45, 7) is 0.227. The standard InChI is InChI=1S/C13H13BrClNO3/c14-8-1-4-10(11(15)7-8)13(19)16(9-2-3-9)6-5-12(17)18/h1,4,7,9H,2-3,5-6H2,(H,17,18). The van der Waals surface area contributed by atoms with Crippen LogP contribution in [0.25, 0.3) is 0 Å². The van der Waals surface area contributed by atoms with Crippen molar-refractivity contribution in [3.63, 3.8) is 0 Å². The molecular weight excluding hydrogens is 334 g/mol. The average Bonchev–Trinajstić information content (AvgIpc) is 3.13. The van der Waals surface area contributed by atoms with Gasteiger partial charge in [-0.25, -0.2) is 0 Å². The number of aliphatic carboxylic acids is 1. The molecule has 6 heteroatoms. The summed E-state index contributed by atoms with van der Waals surface area (Å²) >= 11 is 9.35. The molecule has 2 rings (SSSR count). The van der Waals surface area contributed by atoms with Crippen LogP contribution in [0.2, 0.25) is 5.02 Å². The first-order chi connectivity index (χ1) is 8.99. The summed E-state index contributed by atoms with van der Waals surface area (Å²) in [5.41, 5.74) is 0.419. The predicted octanol–water partition coefficient (Wildman–Crippen LogP) is 3.18. The number of carboxylic acid groups (broad SMARTS) is 1. The van der Waals surface area contributed by atoms with Crippen molar-refractivity contribution in [2.45, 2.75) is 25.3 Å². The molecule has 0 heterocycles. The molecule has 0 atom stereocenters. The Kier molecular flexibility index (Phi) is 4.47. The molecule has 1 N–H and O–H groups in total. The molecule has 0 spiro atoms. The first-order valence-electron chi connectivity index (χ1n) is 5.97. The molecule has 1 aliphatic carbocycles.